The molecule has 0 bridgehead atoms. The van der Waals surface area contributed by atoms with Crippen LogP contribution in [0.3, 0.4) is 0 Å². The SMILES string of the molecule is CCN1CCC[C@@H]1CNC(=O)[C@@H]1c2ccccc2C(=O)N(C2CC2)[C@H]1c1cccc(OC)c1. The summed E-state index contributed by atoms with van der Waals surface area (Å²) in [6.07, 6.45) is 4.25. The summed E-state index contributed by atoms with van der Waals surface area (Å²) >= 11 is 0. The van der Waals surface area contributed by atoms with Crippen LogP contribution in [0.4, 0.5) is 0 Å². The summed E-state index contributed by atoms with van der Waals surface area (Å²) in [5.41, 5.74) is 2.42. The molecule has 2 amide bonds. The molecule has 2 aliphatic heterocycles. The van der Waals surface area contributed by atoms with E-state index < -0.39 is 5.92 Å². The zero-order valence-electron chi connectivity index (χ0n) is 19.5. The van der Waals surface area contributed by atoms with Gasteiger partial charge in [-0.15, -0.1) is 0 Å². The Labute approximate surface area is 195 Å². The lowest BCUT2D eigenvalue weighted by Crippen LogP contribution is -2.49. The number of benzene rings is 2. The molecule has 0 unspecified atom stereocenters. The summed E-state index contributed by atoms with van der Waals surface area (Å²) in [6, 6.07) is 15.7. The van der Waals surface area contributed by atoms with Crippen LogP contribution in [-0.2, 0) is 4.79 Å². The first-order valence-electron chi connectivity index (χ1n) is 12.2. The first-order chi connectivity index (χ1) is 16.1. The minimum atomic E-state index is -0.455. The molecule has 2 aromatic rings. The van der Waals surface area contributed by atoms with E-state index in [1.807, 2.05) is 53.4 Å². The molecule has 5 rings (SSSR count). The van der Waals surface area contributed by atoms with Crippen LogP contribution in [0, 0.1) is 0 Å². The Bertz CT molecular complexity index is 1030. The van der Waals surface area contributed by atoms with Crippen LogP contribution in [0.5, 0.6) is 5.75 Å². The van der Waals surface area contributed by atoms with Crippen LogP contribution in [-0.4, -0.2) is 60.4 Å². The maximum Gasteiger partial charge on any atom is 0.254 e. The van der Waals surface area contributed by atoms with Gasteiger partial charge in [0.15, 0.2) is 0 Å². The number of fused-ring (bicyclic) bond motifs is 1. The van der Waals surface area contributed by atoms with Gasteiger partial charge in [0.2, 0.25) is 5.91 Å². The third kappa shape index (κ3) is 4.12. The van der Waals surface area contributed by atoms with E-state index in [1.165, 1.54) is 6.42 Å². The summed E-state index contributed by atoms with van der Waals surface area (Å²) in [5, 5.41) is 3.27. The summed E-state index contributed by atoms with van der Waals surface area (Å²) < 4.78 is 5.48. The quantitative estimate of drug-likeness (QED) is 0.703. The molecule has 0 aromatic heterocycles. The lowest BCUT2D eigenvalue weighted by atomic mass is 9.79. The number of likely N-dealkylation sites (N-methyl/N-ethyl adjacent to an activating group) is 1. The van der Waals surface area contributed by atoms with E-state index in [-0.39, 0.29) is 23.9 Å². The second kappa shape index (κ2) is 9.18. The van der Waals surface area contributed by atoms with Gasteiger partial charge in [-0.2, -0.15) is 0 Å². The Morgan fingerprint density at radius 1 is 1.12 bits per heavy atom. The number of methoxy groups -OCH3 is 1. The van der Waals surface area contributed by atoms with Crippen molar-refractivity contribution in [3.05, 3.63) is 65.2 Å². The normalized spacial score (nSPS) is 25.1. The number of amides is 2. The summed E-state index contributed by atoms with van der Waals surface area (Å²) in [5.74, 6) is 0.302. The first-order valence-corrected chi connectivity index (χ1v) is 12.2. The number of hydrogen-bond acceptors (Lipinski definition) is 4. The highest BCUT2D eigenvalue weighted by Crippen LogP contribution is 2.48. The number of ether oxygens (including phenoxy) is 1. The van der Waals surface area contributed by atoms with Crippen LogP contribution in [0.15, 0.2) is 48.5 Å². The van der Waals surface area contributed by atoms with Crippen molar-refractivity contribution in [2.24, 2.45) is 0 Å². The Morgan fingerprint density at radius 2 is 1.94 bits per heavy atom. The largest absolute Gasteiger partial charge is 0.497 e. The van der Waals surface area contributed by atoms with E-state index >= 15 is 0 Å². The third-order valence-electron chi connectivity index (χ3n) is 7.45. The fraction of sp³-hybridized carbons (Fsp3) is 0.481. The van der Waals surface area contributed by atoms with Gasteiger partial charge < -0.3 is 15.0 Å². The van der Waals surface area contributed by atoms with Crippen molar-refractivity contribution in [3.8, 4) is 5.75 Å². The predicted molar refractivity (Wildman–Crippen MR) is 127 cm³/mol. The van der Waals surface area contributed by atoms with Gasteiger partial charge in [-0.05, 0) is 68.1 Å². The highest BCUT2D eigenvalue weighted by atomic mass is 16.5. The lowest BCUT2D eigenvalue weighted by Gasteiger charge is -2.42. The Balaban J connectivity index is 1.53. The Hall–Kier alpha value is -2.86. The molecule has 1 N–H and O–H groups in total. The van der Waals surface area contributed by atoms with Gasteiger partial charge in [0.05, 0.1) is 19.1 Å². The highest BCUT2D eigenvalue weighted by molar-refractivity contribution is 6.01. The standard InChI is InChI=1S/C27H33N3O3/c1-3-29-15-7-9-20(29)17-28-26(31)24-22-11-4-5-12-23(22)27(32)30(19-13-14-19)25(24)18-8-6-10-21(16-18)33-2/h4-6,8,10-12,16,19-20,24-25H,3,7,9,13-15,17H2,1-2H3,(H,28,31)/t20-,24-,25+/m1/s1. The van der Waals surface area contributed by atoms with Crippen molar-refractivity contribution in [3.63, 3.8) is 0 Å². The Morgan fingerprint density at radius 3 is 2.70 bits per heavy atom. The van der Waals surface area contributed by atoms with Gasteiger partial charge >= 0.3 is 0 Å². The zero-order valence-corrected chi connectivity index (χ0v) is 19.5. The molecule has 1 aliphatic carbocycles. The molecular formula is C27H33N3O3. The third-order valence-corrected chi connectivity index (χ3v) is 7.45. The van der Waals surface area contributed by atoms with Crippen molar-refractivity contribution in [1.29, 1.82) is 0 Å². The monoisotopic (exact) mass is 447 g/mol. The molecule has 3 aliphatic rings. The molecule has 6 heteroatoms. The second-order valence-corrected chi connectivity index (χ2v) is 9.40. The van der Waals surface area contributed by atoms with Crippen molar-refractivity contribution in [2.75, 3.05) is 26.7 Å². The van der Waals surface area contributed by atoms with Gasteiger partial charge in [0, 0.05) is 24.2 Å². The number of nitrogens with zero attached hydrogens (tertiary/aromatic N) is 2. The van der Waals surface area contributed by atoms with Gasteiger partial charge in [-0.1, -0.05) is 37.3 Å². The van der Waals surface area contributed by atoms with Crippen molar-refractivity contribution in [1.82, 2.24) is 15.1 Å². The van der Waals surface area contributed by atoms with Gasteiger partial charge in [-0.3, -0.25) is 14.5 Å². The number of hydrogen-bond donors (Lipinski definition) is 1. The predicted octanol–water partition coefficient (Wildman–Crippen LogP) is 3.74. The number of carbonyl (C=O) groups excluding carboxylic acids is 2. The molecule has 1 saturated carbocycles. The topological polar surface area (TPSA) is 61.9 Å². The zero-order chi connectivity index (χ0) is 22.9. The number of rotatable bonds is 7. The average molecular weight is 448 g/mol. The van der Waals surface area contributed by atoms with E-state index in [2.05, 4.69) is 17.1 Å². The molecule has 2 aromatic carbocycles. The fourth-order valence-corrected chi connectivity index (χ4v) is 5.64. The molecular weight excluding hydrogens is 414 g/mol. The summed E-state index contributed by atoms with van der Waals surface area (Å²) in [7, 11) is 1.64. The van der Waals surface area contributed by atoms with Crippen molar-refractivity contribution < 1.29 is 14.3 Å². The van der Waals surface area contributed by atoms with Crippen LogP contribution in [0.25, 0.3) is 0 Å². The molecule has 1 saturated heterocycles. The van der Waals surface area contributed by atoms with Crippen molar-refractivity contribution in [2.45, 2.75) is 56.7 Å². The van der Waals surface area contributed by atoms with Gasteiger partial charge in [-0.25, -0.2) is 0 Å². The lowest BCUT2D eigenvalue weighted by molar-refractivity contribution is -0.124. The van der Waals surface area contributed by atoms with Crippen LogP contribution >= 0.6 is 0 Å². The maximum atomic E-state index is 13.8. The number of likely N-dealkylation sites (tertiary alicyclic amines) is 1. The summed E-state index contributed by atoms with van der Waals surface area (Å²) in [6.45, 7) is 4.92. The second-order valence-electron chi connectivity index (χ2n) is 9.40. The molecule has 0 radical (unpaired) electrons. The number of carbonyl (C=O) groups is 2. The molecule has 6 nitrogen and oxygen atoms in total. The first kappa shape index (κ1) is 22.0. The molecule has 174 valence electrons. The van der Waals surface area contributed by atoms with E-state index in [0.29, 0.717) is 18.2 Å². The maximum absolute atomic E-state index is 13.8. The van der Waals surface area contributed by atoms with Crippen LogP contribution in [0.1, 0.15) is 66.1 Å². The number of nitrogens with one attached hydrogen (secondary N) is 1. The molecule has 2 fully saturated rings. The van der Waals surface area contributed by atoms with Crippen LogP contribution in [0.2, 0.25) is 0 Å². The highest BCUT2D eigenvalue weighted by Gasteiger charge is 2.49. The molecule has 2 heterocycles. The molecule has 33 heavy (non-hydrogen) atoms. The molecule has 3 atom stereocenters. The van der Waals surface area contributed by atoms with Crippen LogP contribution < -0.4 is 10.1 Å². The van der Waals surface area contributed by atoms with E-state index in [1.54, 1.807) is 7.11 Å². The minimum absolute atomic E-state index is 0.00336. The van der Waals surface area contributed by atoms with E-state index in [4.69, 9.17) is 4.74 Å². The Kier molecular flexibility index (Phi) is 6.11. The smallest absolute Gasteiger partial charge is 0.254 e. The average Bonchev–Trinajstić information content (AvgIpc) is 3.59. The molecule has 0 spiro atoms. The van der Waals surface area contributed by atoms with Gasteiger partial charge in [0.25, 0.3) is 5.91 Å². The fourth-order valence-electron chi connectivity index (χ4n) is 5.64. The van der Waals surface area contributed by atoms with E-state index in [9.17, 15) is 9.59 Å². The van der Waals surface area contributed by atoms with Crippen molar-refractivity contribution >= 4 is 11.8 Å². The minimum Gasteiger partial charge on any atom is -0.497 e. The summed E-state index contributed by atoms with van der Waals surface area (Å²) in [4.78, 5) is 31.9. The van der Waals surface area contributed by atoms with E-state index in [0.717, 1.165) is 49.2 Å². The van der Waals surface area contributed by atoms with Gasteiger partial charge in [0.1, 0.15) is 5.75 Å².